The molecule has 1 aliphatic carbocycles. The van der Waals surface area contributed by atoms with E-state index in [9.17, 15) is 18.0 Å². The van der Waals surface area contributed by atoms with Crippen molar-refractivity contribution in [1.82, 2.24) is 5.32 Å². The van der Waals surface area contributed by atoms with Gasteiger partial charge in [-0.05, 0) is 12.0 Å². The molecule has 2 atom stereocenters. The lowest BCUT2D eigenvalue weighted by atomic mass is 9.90. The van der Waals surface area contributed by atoms with Gasteiger partial charge in [-0.1, -0.05) is 18.2 Å². The molecule has 88 valence electrons. The normalized spacial score (nSPS) is 29.7. The monoisotopic (exact) mass is 233 g/mol. The van der Waals surface area contributed by atoms with Gasteiger partial charge in [0.25, 0.3) is 0 Å². The Bertz CT molecular complexity index is 360. The Morgan fingerprint density at radius 3 is 2.75 bits per heavy atom. The molecule has 1 amide bonds. The molecule has 3 nitrogen and oxygen atoms in total. The number of ether oxygens (including phenoxy) is 1. The second-order valence-corrected chi connectivity index (χ2v) is 3.77. The molecule has 2 aliphatic rings. The molecule has 1 heterocycles. The molecule has 1 fully saturated rings. The molecule has 1 saturated heterocycles. The molecule has 1 N–H and O–H groups in total. The Hall–Kier alpha value is -1.46. The number of cyclic esters (lactones) is 1. The molecule has 0 radical (unpaired) electrons. The summed E-state index contributed by atoms with van der Waals surface area (Å²) < 4.78 is 42.1. The summed E-state index contributed by atoms with van der Waals surface area (Å²) in [4.78, 5) is 10.8. The zero-order valence-corrected chi connectivity index (χ0v) is 8.25. The van der Waals surface area contributed by atoms with Gasteiger partial charge in [-0.2, -0.15) is 13.2 Å². The van der Waals surface area contributed by atoms with Gasteiger partial charge in [-0.3, -0.25) is 0 Å². The molecule has 0 aromatic rings. The number of halogens is 3. The minimum Gasteiger partial charge on any atom is -0.447 e. The van der Waals surface area contributed by atoms with E-state index in [2.05, 4.69) is 10.1 Å². The van der Waals surface area contributed by atoms with Crippen LogP contribution in [0.3, 0.4) is 0 Å². The Labute approximate surface area is 90.0 Å². The van der Waals surface area contributed by atoms with Crippen LogP contribution < -0.4 is 5.32 Å². The van der Waals surface area contributed by atoms with Crippen molar-refractivity contribution in [2.24, 2.45) is 5.92 Å². The molecule has 2 rings (SSSR count). The van der Waals surface area contributed by atoms with Gasteiger partial charge < -0.3 is 10.1 Å². The Morgan fingerprint density at radius 1 is 1.44 bits per heavy atom. The average molecular weight is 233 g/mol. The summed E-state index contributed by atoms with van der Waals surface area (Å²) in [5, 5.41) is 2.46. The Morgan fingerprint density at radius 2 is 2.19 bits per heavy atom. The van der Waals surface area contributed by atoms with Crippen molar-refractivity contribution in [2.45, 2.75) is 18.6 Å². The molecule has 0 bridgehead atoms. The lowest BCUT2D eigenvalue weighted by Crippen LogP contribution is -2.32. The maximum atomic E-state index is 12.5. The summed E-state index contributed by atoms with van der Waals surface area (Å²) in [6.07, 6.45) is -0.831. The number of carbonyl (C=O) groups excluding carboxylic acids is 1. The van der Waals surface area contributed by atoms with E-state index in [-0.39, 0.29) is 13.0 Å². The van der Waals surface area contributed by atoms with Gasteiger partial charge in [-0.25, -0.2) is 4.79 Å². The fraction of sp³-hybridized carbons (Fsp3) is 0.500. The van der Waals surface area contributed by atoms with Gasteiger partial charge >= 0.3 is 12.3 Å². The summed E-state index contributed by atoms with van der Waals surface area (Å²) in [6.45, 7) is 0.100. The zero-order valence-electron chi connectivity index (χ0n) is 8.25. The van der Waals surface area contributed by atoms with E-state index in [4.69, 9.17) is 0 Å². The van der Waals surface area contributed by atoms with Crippen LogP contribution in [0.2, 0.25) is 0 Å². The van der Waals surface area contributed by atoms with Crippen molar-refractivity contribution < 1.29 is 22.7 Å². The Kier molecular flexibility index (Phi) is 2.65. The van der Waals surface area contributed by atoms with E-state index in [1.807, 2.05) is 0 Å². The minimum atomic E-state index is -4.24. The molecule has 0 aromatic heterocycles. The highest BCUT2D eigenvalue weighted by atomic mass is 19.4. The van der Waals surface area contributed by atoms with Crippen LogP contribution in [-0.4, -0.2) is 24.9 Å². The summed E-state index contributed by atoms with van der Waals surface area (Å²) in [7, 11) is 0. The van der Waals surface area contributed by atoms with Gasteiger partial charge in [0.1, 0.15) is 6.61 Å². The second kappa shape index (κ2) is 3.84. The number of alkyl halides is 3. The number of allylic oxidation sites excluding steroid dienone is 3. The van der Waals surface area contributed by atoms with Crippen LogP contribution in [0.25, 0.3) is 0 Å². The first-order valence-electron chi connectivity index (χ1n) is 4.84. The first-order valence-corrected chi connectivity index (χ1v) is 4.84. The summed E-state index contributed by atoms with van der Waals surface area (Å²) in [5.74, 6) is -1.47. The van der Waals surface area contributed by atoms with Crippen LogP contribution >= 0.6 is 0 Å². The van der Waals surface area contributed by atoms with E-state index in [1.165, 1.54) is 6.08 Å². The van der Waals surface area contributed by atoms with Crippen molar-refractivity contribution >= 4 is 6.09 Å². The summed E-state index contributed by atoms with van der Waals surface area (Å²) >= 11 is 0. The third-order valence-corrected chi connectivity index (χ3v) is 2.65. The molecule has 1 unspecified atom stereocenters. The summed E-state index contributed by atoms with van der Waals surface area (Å²) in [6, 6.07) is -0.428. The lowest BCUT2D eigenvalue weighted by Gasteiger charge is -2.23. The fourth-order valence-electron chi connectivity index (χ4n) is 1.77. The van der Waals surface area contributed by atoms with Crippen molar-refractivity contribution in [3.63, 3.8) is 0 Å². The summed E-state index contributed by atoms with van der Waals surface area (Å²) in [5.41, 5.74) is 0.552. The highest BCUT2D eigenvalue weighted by molar-refractivity contribution is 5.70. The van der Waals surface area contributed by atoms with Crippen LogP contribution in [0.5, 0.6) is 0 Å². The van der Waals surface area contributed by atoms with Crippen molar-refractivity contribution in [1.29, 1.82) is 0 Å². The van der Waals surface area contributed by atoms with Crippen molar-refractivity contribution in [3.05, 3.63) is 23.8 Å². The predicted molar refractivity (Wildman–Crippen MR) is 49.7 cm³/mol. The number of rotatable bonds is 1. The van der Waals surface area contributed by atoms with Gasteiger partial charge in [0.2, 0.25) is 0 Å². The maximum absolute atomic E-state index is 12.5. The third-order valence-electron chi connectivity index (χ3n) is 2.65. The third kappa shape index (κ3) is 2.20. The number of nitrogens with one attached hydrogen (secondary N) is 1. The molecule has 0 spiro atoms. The van der Waals surface area contributed by atoms with Gasteiger partial charge in [-0.15, -0.1) is 0 Å². The first-order chi connectivity index (χ1) is 7.47. The SMILES string of the molecule is O=C1N[C@@H](C2=CC=CC(C(F)(F)F)C2)CO1. The minimum absolute atomic E-state index is 0.100. The molecular weight excluding hydrogens is 223 g/mol. The molecule has 16 heavy (non-hydrogen) atoms. The topological polar surface area (TPSA) is 38.3 Å². The predicted octanol–water partition coefficient (Wildman–Crippen LogP) is 2.16. The van der Waals surface area contributed by atoms with E-state index in [0.29, 0.717) is 5.57 Å². The molecule has 1 aliphatic heterocycles. The number of carbonyl (C=O) groups is 1. The average Bonchev–Trinajstić information content (AvgIpc) is 2.64. The lowest BCUT2D eigenvalue weighted by molar-refractivity contribution is -0.161. The molecule has 0 aromatic carbocycles. The largest absolute Gasteiger partial charge is 0.447 e. The van der Waals surface area contributed by atoms with Gasteiger partial charge in [0, 0.05) is 0 Å². The van der Waals surface area contributed by atoms with Gasteiger partial charge in [0.05, 0.1) is 12.0 Å². The number of hydrogen-bond donors (Lipinski definition) is 1. The molecule has 6 heteroatoms. The van der Waals surface area contributed by atoms with Crippen LogP contribution in [-0.2, 0) is 4.74 Å². The highest BCUT2D eigenvalue weighted by Crippen LogP contribution is 2.35. The van der Waals surface area contributed by atoms with Crippen LogP contribution in [0.15, 0.2) is 23.8 Å². The van der Waals surface area contributed by atoms with Crippen molar-refractivity contribution in [3.8, 4) is 0 Å². The number of hydrogen-bond acceptors (Lipinski definition) is 2. The van der Waals surface area contributed by atoms with E-state index in [1.54, 1.807) is 6.08 Å². The van der Waals surface area contributed by atoms with Crippen LogP contribution in [0, 0.1) is 5.92 Å². The highest BCUT2D eigenvalue weighted by Gasteiger charge is 2.40. The molecule has 0 saturated carbocycles. The van der Waals surface area contributed by atoms with Gasteiger partial charge in [0.15, 0.2) is 0 Å². The fourth-order valence-corrected chi connectivity index (χ4v) is 1.77. The van der Waals surface area contributed by atoms with E-state index < -0.39 is 24.2 Å². The number of amides is 1. The van der Waals surface area contributed by atoms with Crippen LogP contribution in [0.4, 0.5) is 18.0 Å². The Balaban J connectivity index is 2.05. The van der Waals surface area contributed by atoms with E-state index in [0.717, 1.165) is 6.08 Å². The first kappa shape index (κ1) is 11.0. The van der Waals surface area contributed by atoms with Crippen LogP contribution in [0.1, 0.15) is 6.42 Å². The number of alkyl carbamates (subject to hydrolysis) is 1. The second-order valence-electron chi connectivity index (χ2n) is 3.77. The van der Waals surface area contributed by atoms with Crippen molar-refractivity contribution in [2.75, 3.05) is 6.61 Å². The zero-order chi connectivity index (χ0) is 11.8. The van der Waals surface area contributed by atoms with E-state index >= 15 is 0 Å². The maximum Gasteiger partial charge on any atom is 0.407 e. The standard InChI is InChI=1S/C10H10F3NO2/c11-10(12,13)7-3-1-2-6(4-7)8-5-16-9(15)14-8/h1-3,7-8H,4-5H2,(H,14,15)/t7?,8-/m1/s1. The quantitative estimate of drug-likeness (QED) is 0.753. The smallest absolute Gasteiger partial charge is 0.407 e. The molecular formula is C10H10F3NO2.